The van der Waals surface area contributed by atoms with Gasteiger partial charge in [0.25, 0.3) is 5.69 Å². The maximum absolute atomic E-state index is 10.9. The molecule has 19 heavy (non-hydrogen) atoms. The Balaban J connectivity index is 2.97. The smallest absolute Gasteiger partial charge is 0.320 e. The average molecular weight is 267 g/mol. The van der Waals surface area contributed by atoms with Crippen LogP contribution in [0.2, 0.25) is 0 Å². The molecule has 0 saturated heterocycles. The summed E-state index contributed by atoms with van der Waals surface area (Å²) in [7, 11) is 0. The van der Waals surface area contributed by atoms with Crippen molar-refractivity contribution in [2.24, 2.45) is 5.73 Å². The van der Waals surface area contributed by atoms with E-state index in [4.69, 9.17) is 10.8 Å². The van der Waals surface area contributed by atoms with Gasteiger partial charge in [-0.2, -0.15) is 0 Å². The average Bonchev–Trinajstić information content (AvgIpc) is 2.35. The van der Waals surface area contributed by atoms with Crippen LogP contribution in [0.1, 0.15) is 22.8 Å². The van der Waals surface area contributed by atoms with E-state index in [0.717, 1.165) is 6.07 Å². The third kappa shape index (κ3) is 3.75. The normalized spacial score (nSPS) is 11.8. The summed E-state index contributed by atoms with van der Waals surface area (Å²) in [5.41, 5.74) is 5.07. The first-order chi connectivity index (χ1) is 8.82. The van der Waals surface area contributed by atoms with E-state index < -0.39 is 22.8 Å². The molecule has 1 aromatic carbocycles. The van der Waals surface area contributed by atoms with E-state index in [-0.39, 0.29) is 23.4 Å². The number of nitro groups is 1. The number of benzene rings is 1. The Labute approximate surface area is 108 Å². The molecule has 1 rings (SSSR count). The van der Waals surface area contributed by atoms with Gasteiger partial charge in [0.15, 0.2) is 0 Å². The molecule has 1 aromatic rings. The molecule has 1 atom stereocenters. The third-order valence-corrected chi connectivity index (χ3v) is 2.54. The number of hydrogen-bond acceptors (Lipinski definition) is 5. The summed E-state index contributed by atoms with van der Waals surface area (Å²) < 4.78 is 0. The van der Waals surface area contributed by atoms with Crippen LogP contribution in [0, 0.1) is 10.1 Å². The van der Waals surface area contributed by atoms with Gasteiger partial charge in [0.05, 0.1) is 4.92 Å². The second-order valence-corrected chi connectivity index (χ2v) is 3.91. The number of carbonyl (C=O) groups is 2. The maximum atomic E-state index is 10.9. The van der Waals surface area contributed by atoms with E-state index >= 15 is 0 Å². The highest BCUT2D eigenvalue weighted by molar-refractivity contribution is 5.93. The van der Waals surface area contributed by atoms with E-state index in [1.807, 2.05) is 0 Å². The van der Waals surface area contributed by atoms with Crippen molar-refractivity contribution in [2.45, 2.75) is 19.5 Å². The first kappa shape index (κ1) is 14.6. The van der Waals surface area contributed by atoms with Crippen LogP contribution < -0.4 is 11.1 Å². The van der Waals surface area contributed by atoms with E-state index in [1.165, 1.54) is 19.1 Å². The molecule has 0 aliphatic heterocycles. The lowest BCUT2D eigenvalue weighted by atomic mass is 10.1. The zero-order chi connectivity index (χ0) is 14.6. The van der Waals surface area contributed by atoms with Gasteiger partial charge in [-0.25, -0.2) is 0 Å². The van der Waals surface area contributed by atoms with E-state index in [9.17, 15) is 19.7 Å². The molecule has 0 saturated carbocycles. The highest BCUT2D eigenvalue weighted by Crippen LogP contribution is 2.20. The van der Waals surface area contributed by atoms with Crippen LogP contribution in [0.25, 0.3) is 0 Å². The van der Waals surface area contributed by atoms with Crippen molar-refractivity contribution in [1.82, 2.24) is 5.32 Å². The number of carboxylic acids is 1. The molecule has 4 N–H and O–H groups in total. The van der Waals surface area contributed by atoms with Gasteiger partial charge >= 0.3 is 5.97 Å². The van der Waals surface area contributed by atoms with Crippen LogP contribution in [-0.4, -0.2) is 27.9 Å². The molecule has 8 nitrogen and oxygen atoms in total. The standard InChI is InChI=1S/C11H13N3O5/c1-6(11(16)17)13-5-8-3-2-7(10(12)15)4-9(8)14(18)19/h2-4,6,13H,5H2,1H3,(H2,12,15)(H,16,17)/t6-/m1/s1. The molecule has 0 bridgehead atoms. The number of nitrogens with two attached hydrogens (primary N) is 1. The fourth-order valence-electron chi connectivity index (χ4n) is 1.39. The molecule has 0 aliphatic carbocycles. The highest BCUT2D eigenvalue weighted by Gasteiger charge is 2.18. The lowest BCUT2D eigenvalue weighted by Gasteiger charge is -2.09. The molecule has 8 heteroatoms. The van der Waals surface area contributed by atoms with Gasteiger partial charge in [0.2, 0.25) is 5.91 Å². The van der Waals surface area contributed by atoms with Gasteiger partial charge in [-0.05, 0) is 13.0 Å². The Morgan fingerprint density at radius 1 is 1.53 bits per heavy atom. The summed E-state index contributed by atoms with van der Waals surface area (Å²) in [6, 6.07) is 2.97. The molecule has 0 aromatic heterocycles. The number of carbonyl (C=O) groups excluding carboxylic acids is 1. The minimum atomic E-state index is -1.06. The summed E-state index contributed by atoms with van der Waals surface area (Å²) >= 11 is 0. The largest absolute Gasteiger partial charge is 0.480 e. The number of rotatable bonds is 6. The van der Waals surface area contributed by atoms with Crippen LogP contribution in [0.15, 0.2) is 18.2 Å². The van der Waals surface area contributed by atoms with Gasteiger partial charge < -0.3 is 16.2 Å². The summed E-state index contributed by atoms with van der Waals surface area (Å²) in [6.45, 7) is 1.43. The first-order valence-electron chi connectivity index (χ1n) is 5.36. The lowest BCUT2D eigenvalue weighted by molar-refractivity contribution is -0.385. The second-order valence-electron chi connectivity index (χ2n) is 3.91. The molecule has 0 fully saturated rings. The van der Waals surface area contributed by atoms with Crippen molar-refractivity contribution < 1.29 is 19.6 Å². The molecule has 1 amide bonds. The SMILES string of the molecule is C[C@@H](NCc1ccc(C(N)=O)cc1[N+](=O)[O-])C(=O)O. The molecule has 102 valence electrons. The van der Waals surface area contributed by atoms with Crippen LogP contribution in [-0.2, 0) is 11.3 Å². The van der Waals surface area contributed by atoms with Crippen molar-refractivity contribution in [2.75, 3.05) is 0 Å². The van der Waals surface area contributed by atoms with E-state index in [0.29, 0.717) is 0 Å². The van der Waals surface area contributed by atoms with Crippen LogP contribution in [0.5, 0.6) is 0 Å². The number of amides is 1. The molecule has 0 spiro atoms. The Morgan fingerprint density at radius 2 is 2.16 bits per heavy atom. The Bertz CT molecular complexity index is 529. The monoisotopic (exact) mass is 267 g/mol. The molecular formula is C11H13N3O5. The number of nitrogens with one attached hydrogen (secondary N) is 1. The van der Waals surface area contributed by atoms with Crippen molar-refractivity contribution in [3.8, 4) is 0 Å². The van der Waals surface area contributed by atoms with Gasteiger partial charge in [-0.3, -0.25) is 19.7 Å². The van der Waals surface area contributed by atoms with Gasteiger partial charge in [-0.1, -0.05) is 6.07 Å². The van der Waals surface area contributed by atoms with Gasteiger partial charge in [0, 0.05) is 23.7 Å². The Kier molecular flexibility index (Phi) is 4.54. The fourth-order valence-corrected chi connectivity index (χ4v) is 1.39. The van der Waals surface area contributed by atoms with Gasteiger partial charge in [0.1, 0.15) is 6.04 Å². The van der Waals surface area contributed by atoms with Crippen LogP contribution in [0.4, 0.5) is 5.69 Å². The van der Waals surface area contributed by atoms with E-state index in [1.54, 1.807) is 0 Å². The number of primary amides is 1. The predicted octanol–water partition coefficient (Wildman–Crippen LogP) is 0.256. The second kappa shape index (κ2) is 5.91. The van der Waals surface area contributed by atoms with Crippen molar-refractivity contribution in [3.63, 3.8) is 0 Å². The zero-order valence-corrected chi connectivity index (χ0v) is 10.1. The minimum Gasteiger partial charge on any atom is -0.480 e. The summed E-state index contributed by atoms with van der Waals surface area (Å²) in [5.74, 6) is -1.82. The topological polar surface area (TPSA) is 136 Å². The van der Waals surface area contributed by atoms with Crippen LogP contribution in [0.3, 0.4) is 0 Å². The minimum absolute atomic E-state index is 0.00280. The molecular weight excluding hydrogens is 254 g/mol. The summed E-state index contributed by atoms with van der Waals surface area (Å²) in [4.78, 5) is 31.8. The molecule has 0 unspecified atom stereocenters. The predicted molar refractivity (Wildman–Crippen MR) is 65.6 cm³/mol. The number of aliphatic carboxylic acids is 1. The van der Waals surface area contributed by atoms with Crippen molar-refractivity contribution in [1.29, 1.82) is 0 Å². The number of nitrogens with zero attached hydrogens (tertiary/aromatic N) is 1. The Morgan fingerprint density at radius 3 is 2.63 bits per heavy atom. The molecule has 0 aliphatic rings. The maximum Gasteiger partial charge on any atom is 0.320 e. The highest BCUT2D eigenvalue weighted by atomic mass is 16.6. The first-order valence-corrected chi connectivity index (χ1v) is 5.36. The van der Waals surface area contributed by atoms with Crippen molar-refractivity contribution >= 4 is 17.6 Å². The Hall–Kier alpha value is -2.48. The number of hydrogen-bond donors (Lipinski definition) is 3. The van der Waals surface area contributed by atoms with Gasteiger partial charge in [-0.15, -0.1) is 0 Å². The zero-order valence-electron chi connectivity index (χ0n) is 10.1. The number of carboxylic acid groups (broad SMARTS) is 1. The fraction of sp³-hybridized carbons (Fsp3) is 0.273. The molecule has 0 heterocycles. The van der Waals surface area contributed by atoms with Crippen LogP contribution >= 0.6 is 0 Å². The molecule has 0 radical (unpaired) electrons. The summed E-state index contributed by atoms with van der Waals surface area (Å²) in [5, 5.41) is 22.2. The summed E-state index contributed by atoms with van der Waals surface area (Å²) in [6.07, 6.45) is 0. The quantitative estimate of drug-likeness (QED) is 0.499. The van der Waals surface area contributed by atoms with E-state index in [2.05, 4.69) is 5.32 Å². The third-order valence-electron chi connectivity index (χ3n) is 2.54. The lowest BCUT2D eigenvalue weighted by Crippen LogP contribution is -2.33. The number of nitro benzene ring substituents is 1. The van der Waals surface area contributed by atoms with Crippen molar-refractivity contribution in [3.05, 3.63) is 39.4 Å².